The zero-order valence-corrected chi connectivity index (χ0v) is 12.6. The van der Waals surface area contributed by atoms with Crippen molar-refractivity contribution in [2.24, 2.45) is 5.41 Å². The third-order valence-corrected chi connectivity index (χ3v) is 6.26. The molecule has 3 fully saturated rings. The van der Waals surface area contributed by atoms with Gasteiger partial charge >= 0.3 is 5.97 Å². The number of carbonyl (C=O) groups is 1. The number of hydrogen-bond acceptors (Lipinski definition) is 2. The number of hydrogen-bond donors (Lipinski definition) is 1. The fourth-order valence-electron chi connectivity index (χ4n) is 5.12. The van der Waals surface area contributed by atoms with Gasteiger partial charge in [0.1, 0.15) is 0 Å². The van der Waals surface area contributed by atoms with Crippen LogP contribution in [0.2, 0.25) is 0 Å². The second-order valence-corrected chi connectivity index (χ2v) is 7.44. The normalized spacial score (nSPS) is 27.6. The third-order valence-electron chi connectivity index (χ3n) is 6.26. The average molecular weight is 279 g/mol. The highest BCUT2D eigenvalue weighted by Crippen LogP contribution is 2.50. The van der Waals surface area contributed by atoms with E-state index in [1.54, 1.807) is 0 Å². The first-order valence-electron chi connectivity index (χ1n) is 8.66. The van der Waals surface area contributed by atoms with Crippen LogP contribution in [0.25, 0.3) is 0 Å². The molecule has 0 unspecified atom stereocenters. The van der Waals surface area contributed by atoms with E-state index in [0.717, 1.165) is 0 Å². The largest absolute Gasteiger partial charge is 0.480 e. The molecule has 1 spiro atoms. The molecule has 0 aliphatic heterocycles. The van der Waals surface area contributed by atoms with Crippen molar-refractivity contribution in [3.05, 3.63) is 0 Å². The lowest BCUT2D eigenvalue weighted by Gasteiger charge is -2.43. The number of carboxylic acids is 1. The van der Waals surface area contributed by atoms with E-state index < -0.39 is 5.97 Å². The van der Waals surface area contributed by atoms with Gasteiger partial charge in [-0.25, -0.2) is 0 Å². The molecule has 0 aromatic carbocycles. The zero-order valence-electron chi connectivity index (χ0n) is 12.6. The lowest BCUT2D eigenvalue weighted by molar-refractivity contribution is -0.140. The number of aliphatic carboxylic acids is 1. The topological polar surface area (TPSA) is 40.5 Å². The highest BCUT2D eigenvalue weighted by Gasteiger charge is 2.40. The minimum absolute atomic E-state index is 0.266. The summed E-state index contributed by atoms with van der Waals surface area (Å²) in [6.45, 7) is 0.266. The molecular weight excluding hydrogens is 250 g/mol. The van der Waals surface area contributed by atoms with Crippen LogP contribution in [-0.2, 0) is 4.79 Å². The third kappa shape index (κ3) is 3.03. The molecule has 0 saturated heterocycles. The molecule has 0 aromatic rings. The molecule has 0 atom stereocenters. The van der Waals surface area contributed by atoms with Gasteiger partial charge in [0.2, 0.25) is 0 Å². The molecule has 114 valence electrons. The van der Waals surface area contributed by atoms with E-state index in [0.29, 0.717) is 17.5 Å². The first kappa shape index (κ1) is 14.4. The van der Waals surface area contributed by atoms with Gasteiger partial charge < -0.3 is 5.11 Å². The van der Waals surface area contributed by atoms with Crippen LogP contribution in [0.3, 0.4) is 0 Å². The fourth-order valence-corrected chi connectivity index (χ4v) is 5.12. The number of carboxylic acid groups (broad SMARTS) is 1. The molecule has 3 nitrogen and oxygen atoms in total. The first-order chi connectivity index (χ1) is 9.69. The lowest BCUT2D eigenvalue weighted by Crippen LogP contribution is -2.47. The van der Waals surface area contributed by atoms with Crippen LogP contribution in [-0.4, -0.2) is 34.6 Å². The molecular formula is C17H29NO2. The molecule has 0 heterocycles. The summed E-state index contributed by atoms with van der Waals surface area (Å²) in [6.07, 6.45) is 15.9. The Kier molecular flexibility index (Phi) is 4.34. The van der Waals surface area contributed by atoms with Crippen molar-refractivity contribution in [1.82, 2.24) is 4.90 Å². The van der Waals surface area contributed by atoms with E-state index in [1.807, 2.05) is 0 Å². The Labute approximate surface area is 122 Å². The van der Waals surface area contributed by atoms with Crippen molar-refractivity contribution >= 4 is 5.97 Å². The summed E-state index contributed by atoms with van der Waals surface area (Å²) in [7, 11) is 0. The molecule has 1 N–H and O–H groups in total. The minimum Gasteiger partial charge on any atom is -0.480 e. The predicted molar refractivity (Wildman–Crippen MR) is 79.8 cm³/mol. The summed E-state index contributed by atoms with van der Waals surface area (Å²) in [5.74, 6) is -0.641. The molecule has 0 radical (unpaired) electrons. The van der Waals surface area contributed by atoms with Gasteiger partial charge in [0.15, 0.2) is 0 Å². The van der Waals surface area contributed by atoms with Crippen LogP contribution < -0.4 is 0 Å². The minimum atomic E-state index is -0.641. The Hall–Kier alpha value is -0.570. The summed E-state index contributed by atoms with van der Waals surface area (Å²) >= 11 is 0. The van der Waals surface area contributed by atoms with E-state index in [-0.39, 0.29) is 6.54 Å². The Bertz CT molecular complexity index is 333. The Morgan fingerprint density at radius 3 is 2.00 bits per heavy atom. The van der Waals surface area contributed by atoms with E-state index in [4.69, 9.17) is 0 Å². The average Bonchev–Trinajstić information content (AvgIpc) is 3.09. The maximum atomic E-state index is 11.2. The van der Waals surface area contributed by atoms with Crippen molar-refractivity contribution in [1.29, 1.82) is 0 Å². The van der Waals surface area contributed by atoms with Crippen molar-refractivity contribution in [2.45, 2.75) is 89.1 Å². The van der Waals surface area contributed by atoms with Gasteiger partial charge in [-0.3, -0.25) is 9.69 Å². The molecule has 3 aliphatic rings. The molecule has 3 aliphatic carbocycles. The molecule has 0 aromatic heterocycles. The Morgan fingerprint density at radius 1 is 0.900 bits per heavy atom. The van der Waals surface area contributed by atoms with Crippen molar-refractivity contribution in [3.8, 4) is 0 Å². The van der Waals surface area contributed by atoms with Crippen LogP contribution in [0.15, 0.2) is 0 Å². The van der Waals surface area contributed by atoms with E-state index in [9.17, 15) is 9.90 Å². The summed E-state index contributed by atoms with van der Waals surface area (Å²) in [5, 5.41) is 9.24. The molecule has 3 rings (SSSR count). The Morgan fingerprint density at radius 2 is 1.45 bits per heavy atom. The first-order valence-corrected chi connectivity index (χ1v) is 8.66. The highest BCUT2D eigenvalue weighted by atomic mass is 16.4. The van der Waals surface area contributed by atoms with Gasteiger partial charge in [-0.1, -0.05) is 25.7 Å². The summed E-state index contributed by atoms with van der Waals surface area (Å²) < 4.78 is 0. The highest BCUT2D eigenvalue weighted by molar-refractivity contribution is 5.69. The molecule has 3 heteroatoms. The maximum absolute atomic E-state index is 11.2. The van der Waals surface area contributed by atoms with Crippen LogP contribution in [0.4, 0.5) is 0 Å². The standard InChI is InChI=1S/C17H29NO2/c19-16(20)13-18(14-5-1-2-6-14)15-7-11-17(12-8-15)9-3-4-10-17/h14-15H,1-13H2,(H,19,20). The second-order valence-electron chi connectivity index (χ2n) is 7.44. The van der Waals surface area contributed by atoms with E-state index in [2.05, 4.69) is 4.90 Å². The van der Waals surface area contributed by atoms with Gasteiger partial charge in [0, 0.05) is 12.1 Å². The number of rotatable bonds is 4. The molecule has 3 saturated carbocycles. The van der Waals surface area contributed by atoms with Crippen LogP contribution in [0.1, 0.15) is 77.0 Å². The van der Waals surface area contributed by atoms with E-state index >= 15 is 0 Å². The second kappa shape index (κ2) is 6.05. The van der Waals surface area contributed by atoms with Gasteiger partial charge in [0.25, 0.3) is 0 Å². The summed E-state index contributed by atoms with van der Waals surface area (Å²) in [5.41, 5.74) is 0.654. The maximum Gasteiger partial charge on any atom is 0.317 e. The van der Waals surface area contributed by atoms with Crippen molar-refractivity contribution in [3.63, 3.8) is 0 Å². The molecule has 0 amide bonds. The van der Waals surface area contributed by atoms with Crippen molar-refractivity contribution in [2.75, 3.05) is 6.54 Å². The molecule has 0 bridgehead atoms. The van der Waals surface area contributed by atoms with Gasteiger partial charge in [0.05, 0.1) is 6.54 Å². The predicted octanol–water partition coefficient (Wildman–Crippen LogP) is 3.82. The van der Waals surface area contributed by atoms with Gasteiger partial charge in [-0.2, -0.15) is 0 Å². The van der Waals surface area contributed by atoms with E-state index in [1.165, 1.54) is 77.0 Å². The lowest BCUT2D eigenvalue weighted by atomic mass is 9.71. The van der Waals surface area contributed by atoms with Crippen LogP contribution in [0.5, 0.6) is 0 Å². The van der Waals surface area contributed by atoms with Gasteiger partial charge in [-0.05, 0) is 56.8 Å². The number of nitrogens with zero attached hydrogens (tertiary/aromatic N) is 1. The fraction of sp³-hybridized carbons (Fsp3) is 0.941. The van der Waals surface area contributed by atoms with Crippen LogP contribution >= 0.6 is 0 Å². The molecule has 20 heavy (non-hydrogen) atoms. The summed E-state index contributed by atoms with van der Waals surface area (Å²) in [6, 6.07) is 1.09. The van der Waals surface area contributed by atoms with Gasteiger partial charge in [-0.15, -0.1) is 0 Å². The smallest absolute Gasteiger partial charge is 0.317 e. The SMILES string of the molecule is O=C(O)CN(C1CCCC1)C1CCC2(CCCC2)CC1. The Balaban J connectivity index is 1.61. The van der Waals surface area contributed by atoms with Crippen molar-refractivity contribution < 1.29 is 9.90 Å². The zero-order chi connectivity index (χ0) is 14.0. The monoisotopic (exact) mass is 279 g/mol. The van der Waals surface area contributed by atoms with Crippen LogP contribution in [0, 0.1) is 5.41 Å². The quantitative estimate of drug-likeness (QED) is 0.850. The summed E-state index contributed by atoms with van der Waals surface area (Å²) in [4.78, 5) is 13.6.